The molecule has 1 aromatic carbocycles. The second kappa shape index (κ2) is 7.87. The second-order valence-corrected chi connectivity index (χ2v) is 4.65. The summed E-state index contributed by atoms with van der Waals surface area (Å²) in [5.74, 6) is -0.194. The molecule has 0 saturated carbocycles. The molecule has 1 saturated heterocycles. The molecule has 0 spiro atoms. The molecule has 1 atom stereocenters. The third-order valence-corrected chi connectivity index (χ3v) is 3.25. The number of carbonyl (C=O) groups is 2. The van der Waals surface area contributed by atoms with E-state index in [4.69, 9.17) is 0 Å². The molecular weight excluding hydrogens is 278 g/mol. The van der Waals surface area contributed by atoms with Crippen molar-refractivity contribution in [2.24, 2.45) is 0 Å². The third-order valence-electron chi connectivity index (χ3n) is 3.25. The molecular formula is C14H20ClN3O2. The highest BCUT2D eigenvalue weighted by molar-refractivity contribution is 5.98. The van der Waals surface area contributed by atoms with Crippen molar-refractivity contribution in [3.63, 3.8) is 0 Å². The van der Waals surface area contributed by atoms with Crippen LogP contribution in [-0.4, -0.2) is 31.4 Å². The normalized spacial score (nSPS) is 17.8. The highest BCUT2D eigenvalue weighted by Gasteiger charge is 2.20. The van der Waals surface area contributed by atoms with Gasteiger partial charge in [0.2, 0.25) is 5.91 Å². The van der Waals surface area contributed by atoms with Gasteiger partial charge in [0, 0.05) is 18.3 Å². The average Bonchev–Trinajstić information content (AvgIpc) is 2.47. The van der Waals surface area contributed by atoms with Crippen molar-refractivity contribution in [1.29, 1.82) is 0 Å². The minimum absolute atomic E-state index is 0. The van der Waals surface area contributed by atoms with E-state index in [1.807, 2.05) is 0 Å². The fraction of sp³-hybridized carbons (Fsp3) is 0.429. The van der Waals surface area contributed by atoms with Gasteiger partial charge in [-0.1, -0.05) is 12.5 Å². The summed E-state index contributed by atoms with van der Waals surface area (Å²) < 4.78 is 0. The van der Waals surface area contributed by atoms with Gasteiger partial charge in [-0.05, 0) is 37.6 Å². The number of anilines is 1. The van der Waals surface area contributed by atoms with E-state index in [0.717, 1.165) is 25.8 Å². The lowest BCUT2D eigenvalue weighted by atomic mass is 10.0. The number of nitrogens with one attached hydrogen (secondary N) is 3. The van der Waals surface area contributed by atoms with Gasteiger partial charge >= 0.3 is 0 Å². The lowest BCUT2D eigenvalue weighted by Crippen LogP contribution is -2.43. The van der Waals surface area contributed by atoms with Gasteiger partial charge in [-0.15, -0.1) is 12.4 Å². The predicted octanol–water partition coefficient (Wildman–Crippen LogP) is 1.55. The smallest absolute Gasteiger partial charge is 0.251 e. The van der Waals surface area contributed by atoms with Crippen molar-refractivity contribution < 1.29 is 9.59 Å². The first kappa shape index (κ1) is 16.5. The number of hydrogen-bond donors (Lipinski definition) is 3. The molecule has 110 valence electrons. The number of amides is 2. The van der Waals surface area contributed by atoms with E-state index < -0.39 is 0 Å². The Morgan fingerprint density at radius 3 is 2.75 bits per heavy atom. The first-order valence-electron chi connectivity index (χ1n) is 6.57. The van der Waals surface area contributed by atoms with Gasteiger partial charge in [-0.3, -0.25) is 9.59 Å². The topological polar surface area (TPSA) is 70.2 Å². The quantitative estimate of drug-likeness (QED) is 0.793. The summed E-state index contributed by atoms with van der Waals surface area (Å²) in [7, 11) is 1.58. The van der Waals surface area contributed by atoms with Gasteiger partial charge in [-0.25, -0.2) is 0 Å². The standard InChI is InChI=1S/C14H19N3O2.ClH/c1-15-13(18)10-5-4-6-11(9-10)17-14(19)12-7-2-3-8-16-12;/h4-6,9,12,16H,2-3,7-8H2,1H3,(H,15,18)(H,17,19);1H/t12-;/m0./s1. The van der Waals surface area contributed by atoms with Crippen LogP contribution in [0.5, 0.6) is 0 Å². The second-order valence-electron chi connectivity index (χ2n) is 4.65. The van der Waals surface area contributed by atoms with E-state index in [1.54, 1.807) is 31.3 Å². The lowest BCUT2D eigenvalue weighted by molar-refractivity contribution is -0.118. The number of benzene rings is 1. The number of carbonyl (C=O) groups excluding carboxylic acids is 2. The fourth-order valence-corrected chi connectivity index (χ4v) is 2.19. The molecule has 1 aromatic rings. The van der Waals surface area contributed by atoms with Crippen LogP contribution >= 0.6 is 12.4 Å². The van der Waals surface area contributed by atoms with Crippen molar-refractivity contribution in [3.05, 3.63) is 29.8 Å². The number of piperidine rings is 1. The molecule has 6 heteroatoms. The lowest BCUT2D eigenvalue weighted by Gasteiger charge is -2.22. The molecule has 20 heavy (non-hydrogen) atoms. The minimum Gasteiger partial charge on any atom is -0.355 e. The summed E-state index contributed by atoms with van der Waals surface area (Å²) in [4.78, 5) is 23.6. The first-order chi connectivity index (χ1) is 9.20. The number of rotatable bonds is 3. The first-order valence-corrected chi connectivity index (χ1v) is 6.57. The van der Waals surface area contributed by atoms with Crippen molar-refractivity contribution in [2.75, 3.05) is 18.9 Å². The summed E-state index contributed by atoms with van der Waals surface area (Å²) >= 11 is 0. The zero-order valence-electron chi connectivity index (χ0n) is 11.4. The average molecular weight is 298 g/mol. The van der Waals surface area contributed by atoms with E-state index >= 15 is 0 Å². The van der Waals surface area contributed by atoms with E-state index in [2.05, 4.69) is 16.0 Å². The highest BCUT2D eigenvalue weighted by atomic mass is 35.5. The fourth-order valence-electron chi connectivity index (χ4n) is 2.19. The predicted molar refractivity (Wildman–Crippen MR) is 81.4 cm³/mol. The zero-order chi connectivity index (χ0) is 13.7. The Balaban J connectivity index is 0.00000200. The Morgan fingerprint density at radius 2 is 2.10 bits per heavy atom. The van der Waals surface area contributed by atoms with Gasteiger partial charge in [0.25, 0.3) is 5.91 Å². The Labute approximate surface area is 124 Å². The van der Waals surface area contributed by atoms with Crippen LogP contribution < -0.4 is 16.0 Å². The molecule has 1 heterocycles. The maximum Gasteiger partial charge on any atom is 0.251 e. The van der Waals surface area contributed by atoms with Crippen LogP contribution in [0.25, 0.3) is 0 Å². The summed E-state index contributed by atoms with van der Waals surface area (Å²) in [5, 5.41) is 8.61. The van der Waals surface area contributed by atoms with Gasteiger partial charge in [0.1, 0.15) is 0 Å². The molecule has 5 nitrogen and oxygen atoms in total. The van der Waals surface area contributed by atoms with Crippen LogP contribution in [0.4, 0.5) is 5.69 Å². The molecule has 0 aromatic heterocycles. The molecule has 2 rings (SSSR count). The van der Waals surface area contributed by atoms with E-state index in [9.17, 15) is 9.59 Å². The molecule has 0 aliphatic carbocycles. The van der Waals surface area contributed by atoms with Gasteiger partial charge in [-0.2, -0.15) is 0 Å². The Hall–Kier alpha value is -1.59. The van der Waals surface area contributed by atoms with Crippen LogP contribution in [0.3, 0.4) is 0 Å². The maximum absolute atomic E-state index is 12.0. The maximum atomic E-state index is 12.0. The van der Waals surface area contributed by atoms with E-state index in [-0.39, 0.29) is 30.3 Å². The molecule has 2 amide bonds. The summed E-state index contributed by atoms with van der Waals surface area (Å²) in [5.41, 5.74) is 1.19. The largest absolute Gasteiger partial charge is 0.355 e. The van der Waals surface area contributed by atoms with Crippen LogP contribution in [0.15, 0.2) is 24.3 Å². The van der Waals surface area contributed by atoms with Crippen molar-refractivity contribution in [3.8, 4) is 0 Å². The highest BCUT2D eigenvalue weighted by Crippen LogP contribution is 2.13. The van der Waals surface area contributed by atoms with Crippen molar-refractivity contribution in [2.45, 2.75) is 25.3 Å². The van der Waals surface area contributed by atoms with Gasteiger partial charge in [0.05, 0.1) is 6.04 Å². The Morgan fingerprint density at radius 1 is 1.30 bits per heavy atom. The van der Waals surface area contributed by atoms with E-state index in [1.165, 1.54) is 0 Å². The van der Waals surface area contributed by atoms with Crippen molar-refractivity contribution in [1.82, 2.24) is 10.6 Å². The molecule has 1 aliphatic heterocycles. The Bertz CT molecular complexity index is 473. The molecule has 1 aliphatic rings. The monoisotopic (exact) mass is 297 g/mol. The molecule has 0 radical (unpaired) electrons. The van der Waals surface area contributed by atoms with Crippen LogP contribution in [0, 0.1) is 0 Å². The third kappa shape index (κ3) is 4.21. The number of hydrogen-bond acceptors (Lipinski definition) is 3. The van der Waals surface area contributed by atoms with Crippen LogP contribution in [0.2, 0.25) is 0 Å². The molecule has 3 N–H and O–H groups in total. The minimum atomic E-state index is -0.160. The van der Waals surface area contributed by atoms with Gasteiger partial charge in [0.15, 0.2) is 0 Å². The summed E-state index contributed by atoms with van der Waals surface area (Å²) in [6.07, 6.45) is 3.06. The summed E-state index contributed by atoms with van der Waals surface area (Å²) in [6.45, 7) is 0.885. The van der Waals surface area contributed by atoms with Gasteiger partial charge < -0.3 is 16.0 Å². The number of halogens is 1. The molecule has 1 fully saturated rings. The van der Waals surface area contributed by atoms with Crippen LogP contribution in [0.1, 0.15) is 29.6 Å². The molecule has 0 bridgehead atoms. The van der Waals surface area contributed by atoms with Crippen LogP contribution in [-0.2, 0) is 4.79 Å². The van der Waals surface area contributed by atoms with E-state index in [0.29, 0.717) is 11.3 Å². The Kier molecular flexibility index (Phi) is 6.48. The SMILES string of the molecule is CNC(=O)c1cccc(NC(=O)[C@@H]2CCCCN2)c1.Cl. The van der Waals surface area contributed by atoms with Crippen molar-refractivity contribution >= 4 is 29.9 Å². The molecule has 0 unspecified atom stereocenters. The summed E-state index contributed by atoms with van der Waals surface area (Å²) in [6, 6.07) is 6.81. The zero-order valence-corrected chi connectivity index (χ0v) is 12.3.